The minimum absolute atomic E-state index is 0.251. The second-order valence-electron chi connectivity index (χ2n) is 8.92. The molecule has 2 heterocycles. The smallest absolute Gasteiger partial charge is 0.328 e. The van der Waals surface area contributed by atoms with Crippen LogP contribution in [0.4, 0.5) is 0 Å². The first kappa shape index (κ1) is 34.8. The molecule has 0 saturated heterocycles. The molecular weight excluding hydrogens is 578 g/mol. The molecule has 0 fully saturated rings. The number of nitriles is 2. The molecule has 3 N–H and O–H groups in total. The zero-order valence-electron chi connectivity index (χ0n) is 24.6. The van der Waals surface area contributed by atoms with Gasteiger partial charge in [-0.3, -0.25) is 4.79 Å². The first-order valence-corrected chi connectivity index (χ1v) is 13.1. The number of aromatic nitrogens is 2. The van der Waals surface area contributed by atoms with Gasteiger partial charge in [-0.2, -0.15) is 10.5 Å². The molecule has 12 heteroatoms. The Morgan fingerprint density at radius 1 is 0.800 bits per heavy atom. The number of carbonyl (C=O) groups excluding carboxylic acids is 1. The second kappa shape index (κ2) is 18.2. The van der Waals surface area contributed by atoms with E-state index in [1.807, 2.05) is 51.2 Å². The van der Waals surface area contributed by atoms with E-state index in [1.54, 1.807) is 48.5 Å². The Bertz CT molecular complexity index is 1740. The van der Waals surface area contributed by atoms with Crippen molar-refractivity contribution in [2.24, 2.45) is 0 Å². The number of nitrogens with one attached hydrogen (secondary N) is 1. The highest BCUT2D eigenvalue weighted by atomic mass is 16.5. The van der Waals surface area contributed by atoms with Crippen molar-refractivity contribution in [2.75, 3.05) is 7.05 Å². The molecule has 2 aromatic heterocycles. The predicted octanol–water partition coefficient (Wildman–Crippen LogP) is 5.35. The Morgan fingerprint density at radius 3 is 1.73 bits per heavy atom. The zero-order valence-corrected chi connectivity index (χ0v) is 24.6. The highest BCUT2D eigenvalue weighted by molar-refractivity contribution is 5.89. The molecule has 45 heavy (non-hydrogen) atoms. The third-order valence-electron chi connectivity index (χ3n) is 5.31. The number of hydrogen-bond donors (Lipinski definition) is 3. The van der Waals surface area contributed by atoms with Crippen molar-refractivity contribution in [3.63, 3.8) is 0 Å². The number of nitrogens with zero attached hydrogens (tertiary/aromatic N) is 4. The van der Waals surface area contributed by atoms with Crippen LogP contribution in [0.5, 0.6) is 23.3 Å². The Hall–Kier alpha value is -6.37. The van der Waals surface area contributed by atoms with Crippen LogP contribution in [0.3, 0.4) is 0 Å². The molecule has 0 spiro atoms. The number of aryl methyl sites for hydroxylation is 2. The summed E-state index contributed by atoms with van der Waals surface area (Å²) < 4.78 is 11.2. The summed E-state index contributed by atoms with van der Waals surface area (Å²) in [5.41, 5.74) is 4.00. The number of ether oxygens (including phenoxy) is 2. The van der Waals surface area contributed by atoms with Crippen molar-refractivity contribution >= 4 is 18.2 Å². The van der Waals surface area contributed by atoms with E-state index in [0.29, 0.717) is 46.2 Å². The van der Waals surface area contributed by atoms with Crippen LogP contribution in [0.2, 0.25) is 0 Å². The summed E-state index contributed by atoms with van der Waals surface area (Å²) in [6, 6.07) is 25.4. The highest BCUT2D eigenvalue weighted by Gasteiger charge is 2.08. The number of rotatable bonds is 9. The fourth-order valence-electron chi connectivity index (χ4n) is 3.33. The van der Waals surface area contributed by atoms with Crippen LogP contribution in [0, 0.1) is 36.5 Å². The van der Waals surface area contributed by atoms with Gasteiger partial charge in [-0.15, -0.1) is 0 Å². The highest BCUT2D eigenvalue weighted by Crippen LogP contribution is 2.25. The molecule has 0 bridgehead atoms. The van der Waals surface area contributed by atoms with Gasteiger partial charge in [0.1, 0.15) is 41.1 Å². The molecule has 228 valence electrons. The Labute approximate surface area is 259 Å². The molecule has 12 nitrogen and oxygen atoms in total. The minimum atomic E-state index is -1.26. The van der Waals surface area contributed by atoms with Crippen LogP contribution in [0.25, 0.3) is 0 Å². The maximum Gasteiger partial charge on any atom is 0.328 e. The van der Waals surface area contributed by atoms with Crippen LogP contribution in [-0.2, 0) is 16.1 Å². The van der Waals surface area contributed by atoms with Gasteiger partial charge < -0.3 is 25.0 Å². The van der Waals surface area contributed by atoms with Crippen LogP contribution < -0.4 is 14.8 Å². The Morgan fingerprint density at radius 2 is 1.29 bits per heavy atom. The Balaban J connectivity index is 0.000000255. The molecule has 0 atom stereocenters. The third-order valence-corrected chi connectivity index (χ3v) is 5.31. The lowest BCUT2D eigenvalue weighted by atomic mass is 10.2. The molecule has 0 aliphatic heterocycles. The van der Waals surface area contributed by atoms with Gasteiger partial charge in [0, 0.05) is 35.6 Å². The van der Waals surface area contributed by atoms with Crippen LogP contribution >= 0.6 is 0 Å². The molecular formula is C33H29N5O7. The third kappa shape index (κ3) is 12.6. The minimum Gasteiger partial charge on any atom is -0.478 e. The molecule has 0 aliphatic rings. The van der Waals surface area contributed by atoms with Gasteiger partial charge in [-0.25, -0.2) is 19.6 Å². The van der Waals surface area contributed by atoms with E-state index in [9.17, 15) is 14.4 Å². The average molecular weight is 608 g/mol. The lowest BCUT2D eigenvalue weighted by Gasteiger charge is -2.08. The number of aliphatic carboxylic acids is 2. The lowest BCUT2D eigenvalue weighted by Crippen LogP contribution is -2.04. The molecule has 4 rings (SSSR count). The van der Waals surface area contributed by atoms with Crippen LogP contribution in [0.1, 0.15) is 38.4 Å². The van der Waals surface area contributed by atoms with E-state index < -0.39 is 11.9 Å². The molecule has 0 aliphatic carbocycles. The number of aldehydes is 1. The maximum atomic E-state index is 10.7. The van der Waals surface area contributed by atoms with Crippen molar-refractivity contribution < 1.29 is 34.1 Å². The fourth-order valence-corrected chi connectivity index (χ4v) is 3.33. The van der Waals surface area contributed by atoms with E-state index >= 15 is 0 Å². The van der Waals surface area contributed by atoms with E-state index in [2.05, 4.69) is 21.4 Å². The molecule has 0 amide bonds. The number of carboxylic acid groups (broad SMARTS) is 2. The van der Waals surface area contributed by atoms with Crippen LogP contribution in [0.15, 0.2) is 84.9 Å². The van der Waals surface area contributed by atoms with Crippen molar-refractivity contribution in [1.82, 2.24) is 15.3 Å². The normalized spacial score (nSPS) is 9.71. The summed E-state index contributed by atoms with van der Waals surface area (Å²) in [7, 11) is 1.89. The van der Waals surface area contributed by atoms with Gasteiger partial charge in [0.15, 0.2) is 0 Å². The number of benzene rings is 2. The topological polar surface area (TPSA) is 196 Å². The van der Waals surface area contributed by atoms with E-state index in [-0.39, 0.29) is 5.88 Å². The van der Waals surface area contributed by atoms with Crippen molar-refractivity contribution in [3.05, 3.63) is 119 Å². The van der Waals surface area contributed by atoms with Gasteiger partial charge in [0.2, 0.25) is 11.8 Å². The number of pyridine rings is 2. The molecule has 0 saturated carbocycles. The summed E-state index contributed by atoms with van der Waals surface area (Å²) >= 11 is 0. The number of carbonyl (C=O) groups is 3. The van der Waals surface area contributed by atoms with Gasteiger partial charge >= 0.3 is 11.9 Å². The number of carboxylic acids is 2. The first-order chi connectivity index (χ1) is 21.6. The van der Waals surface area contributed by atoms with E-state index in [1.165, 1.54) is 0 Å². The molecule has 0 radical (unpaired) electrons. The average Bonchev–Trinajstić information content (AvgIpc) is 3.01. The molecule has 2 aromatic carbocycles. The summed E-state index contributed by atoms with van der Waals surface area (Å²) in [5, 5.41) is 36.7. The quantitative estimate of drug-likeness (QED) is 0.163. The molecule has 4 aromatic rings. The van der Waals surface area contributed by atoms with Gasteiger partial charge in [0.25, 0.3) is 0 Å². The second-order valence-corrected chi connectivity index (χ2v) is 8.92. The summed E-state index contributed by atoms with van der Waals surface area (Å²) in [6.07, 6.45) is 1.85. The van der Waals surface area contributed by atoms with Crippen molar-refractivity contribution in [1.29, 1.82) is 10.5 Å². The van der Waals surface area contributed by atoms with E-state index in [0.717, 1.165) is 29.8 Å². The lowest BCUT2D eigenvalue weighted by molar-refractivity contribution is -0.134. The van der Waals surface area contributed by atoms with Gasteiger partial charge in [-0.1, -0.05) is 24.3 Å². The monoisotopic (exact) mass is 607 g/mol. The first-order valence-electron chi connectivity index (χ1n) is 13.1. The van der Waals surface area contributed by atoms with Gasteiger partial charge in [-0.05, 0) is 75.0 Å². The van der Waals surface area contributed by atoms with Crippen molar-refractivity contribution in [3.8, 4) is 35.4 Å². The number of hydrogen-bond acceptors (Lipinski definition) is 10. The fraction of sp³-hybridized carbons (Fsp3) is 0.121. The summed E-state index contributed by atoms with van der Waals surface area (Å²) in [6.45, 7) is 4.45. The maximum absolute atomic E-state index is 10.7. The predicted molar refractivity (Wildman–Crippen MR) is 163 cm³/mol. The van der Waals surface area contributed by atoms with Crippen LogP contribution in [-0.4, -0.2) is 45.5 Å². The summed E-state index contributed by atoms with van der Waals surface area (Å²) in [5.74, 6) is -0.749. The Kier molecular flexibility index (Phi) is 14.1. The molecule has 0 unspecified atom stereocenters. The SMILES string of the molecule is CNCc1cccc(Oc2nc(C)ccc2C#N)c1.Cc1ccc(C#N)c(Oc2cccc(C=O)c2)n1.O=C(O)C=CC(=O)O. The zero-order chi connectivity index (χ0) is 33.2. The standard InChI is InChI=1S/C15H15N3O.C14H10N2O2.C4H4O4/c1-11-6-7-13(9-16)15(18-11)19-14-5-3-4-12(8-14)10-17-2;1-10-5-6-12(8-15)14(16-10)18-13-4-2-3-11(7-13)9-17;5-3(6)1-2-4(7)8/h3-8,17H,10H2,1-2H3;2-7,9H,1H3;1-2H,(H,5,6)(H,7,8). The van der Waals surface area contributed by atoms with E-state index in [4.69, 9.17) is 30.2 Å². The van der Waals surface area contributed by atoms with Gasteiger partial charge in [0.05, 0.1) is 0 Å². The summed E-state index contributed by atoms with van der Waals surface area (Å²) in [4.78, 5) is 38.2. The van der Waals surface area contributed by atoms with Crippen molar-refractivity contribution in [2.45, 2.75) is 20.4 Å². The largest absolute Gasteiger partial charge is 0.478 e.